The highest BCUT2D eigenvalue weighted by Gasteiger charge is 2.33. The summed E-state index contributed by atoms with van der Waals surface area (Å²) in [6, 6.07) is 0. The van der Waals surface area contributed by atoms with Gasteiger partial charge in [0.15, 0.2) is 6.29 Å². The lowest BCUT2D eigenvalue weighted by Crippen LogP contribution is -2.41. The molecule has 5 nitrogen and oxygen atoms in total. The van der Waals surface area contributed by atoms with Crippen molar-refractivity contribution in [2.24, 2.45) is 5.92 Å². The molecular weight excluding hydrogens is 300 g/mol. The predicted octanol–water partition coefficient (Wildman–Crippen LogP) is 2.80. The molecule has 0 N–H and O–H groups in total. The van der Waals surface area contributed by atoms with Gasteiger partial charge in [0.05, 0.1) is 23.9 Å². The Bertz CT molecular complexity index is 529. The smallest absolute Gasteiger partial charge is 0.265 e. The van der Waals surface area contributed by atoms with Crippen molar-refractivity contribution in [3.05, 3.63) is 15.6 Å². The number of carbonyl (C=O) groups is 1. The zero-order valence-electron chi connectivity index (χ0n) is 13.5. The van der Waals surface area contributed by atoms with E-state index < -0.39 is 0 Å². The van der Waals surface area contributed by atoms with Crippen molar-refractivity contribution < 1.29 is 14.3 Å². The van der Waals surface area contributed by atoms with E-state index in [0.717, 1.165) is 41.5 Å². The summed E-state index contributed by atoms with van der Waals surface area (Å²) in [5, 5.41) is 1.04. The van der Waals surface area contributed by atoms with E-state index in [1.807, 2.05) is 11.8 Å². The van der Waals surface area contributed by atoms with E-state index in [0.29, 0.717) is 25.0 Å². The van der Waals surface area contributed by atoms with E-state index in [4.69, 9.17) is 9.47 Å². The maximum atomic E-state index is 12.7. The fourth-order valence-electron chi connectivity index (χ4n) is 3.03. The van der Waals surface area contributed by atoms with Gasteiger partial charge in [-0.15, -0.1) is 11.3 Å². The Morgan fingerprint density at radius 1 is 1.27 bits per heavy atom. The summed E-state index contributed by atoms with van der Waals surface area (Å²) in [6.07, 6.45) is 1.84. The Morgan fingerprint density at radius 3 is 2.45 bits per heavy atom. The van der Waals surface area contributed by atoms with Gasteiger partial charge in [-0.2, -0.15) is 0 Å². The van der Waals surface area contributed by atoms with E-state index in [1.165, 1.54) is 0 Å². The number of carbonyl (C=O) groups excluding carboxylic acids is 1. The van der Waals surface area contributed by atoms with E-state index in [9.17, 15) is 4.79 Å². The second kappa shape index (κ2) is 6.64. The standard InChI is InChI=1S/C16H24N2O3S/c1-10(2)14-17-11(3)13(22-14)15(19)18-6-4-12(5-7-18)16-20-8-9-21-16/h10,12,16H,4-9H2,1-3H3. The highest BCUT2D eigenvalue weighted by molar-refractivity contribution is 7.13. The van der Waals surface area contributed by atoms with Crippen LogP contribution in [0.3, 0.4) is 0 Å². The summed E-state index contributed by atoms with van der Waals surface area (Å²) in [6.45, 7) is 9.10. The van der Waals surface area contributed by atoms with E-state index in [2.05, 4.69) is 18.8 Å². The van der Waals surface area contributed by atoms with Gasteiger partial charge in [-0.3, -0.25) is 4.79 Å². The number of aryl methyl sites for hydroxylation is 1. The van der Waals surface area contributed by atoms with Gasteiger partial charge in [0.1, 0.15) is 4.88 Å². The molecule has 2 saturated heterocycles. The van der Waals surface area contributed by atoms with Crippen LogP contribution in [-0.2, 0) is 9.47 Å². The average molecular weight is 324 g/mol. The lowest BCUT2D eigenvalue weighted by Gasteiger charge is -2.33. The van der Waals surface area contributed by atoms with Crippen LogP contribution in [0.15, 0.2) is 0 Å². The van der Waals surface area contributed by atoms with E-state index in [1.54, 1.807) is 11.3 Å². The second-order valence-electron chi connectivity index (χ2n) is 6.36. The second-order valence-corrected chi connectivity index (χ2v) is 7.39. The zero-order chi connectivity index (χ0) is 15.7. The molecule has 2 fully saturated rings. The van der Waals surface area contributed by atoms with Gasteiger partial charge in [0, 0.05) is 24.9 Å². The topological polar surface area (TPSA) is 51.7 Å². The number of likely N-dealkylation sites (tertiary alicyclic amines) is 1. The molecule has 1 aromatic rings. The molecule has 0 saturated carbocycles. The summed E-state index contributed by atoms with van der Waals surface area (Å²) in [4.78, 5) is 20.0. The Labute approximate surface area is 135 Å². The molecule has 0 aromatic carbocycles. The fourth-order valence-corrected chi connectivity index (χ4v) is 4.07. The largest absolute Gasteiger partial charge is 0.350 e. The molecule has 3 heterocycles. The monoisotopic (exact) mass is 324 g/mol. The van der Waals surface area contributed by atoms with Crippen LogP contribution in [0.1, 0.15) is 53.0 Å². The van der Waals surface area contributed by atoms with Gasteiger partial charge in [-0.1, -0.05) is 13.8 Å². The van der Waals surface area contributed by atoms with E-state index in [-0.39, 0.29) is 12.2 Å². The highest BCUT2D eigenvalue weighted by atomic mass is 32.1. The molecule has 2 aliphatic heterocycles. The van der Waals surface area contributed by atoms with Gasteiger partial charge in [-0.05, 0) is 19.8 Å². The zero-order valence-corrected chi connectivity index (χ0v) is 14.3. The SMILES string of the molecule is Cc1nc(C(C)C)sc1C(=O)N1CCC(C2OCCO2)CC1. The van der Waals surface area contributed by atoms with Crippen LogP contribution in [0.4, 0.5) is 0 Å². The third-order valence-electron chi connectivity index (χ3n) is 4.36. The lowest BCUT2D eigenvalue weighted by molar-refractivity contribution is -0.0956. The Kier molecular flexibility index (Phi) is 4.80. The number of nitrogens with zero attached hydrogens (tertiary/aromatic N) is 2. The van der Waals surface area contributed by atoms with E-state index >= 15 is 0 Å². The normalized spacial score (nSPS) is 21.0. The quantitative estimate of drug-likeness (QED) is 0.858. The first-order valence-corrected chi connectivity index (χ1v) is 8.87. The first-order chi connectivity index (χ1) is 10.6. The number of thiazole rings is 1. The maximum Gasteiger partial charge on any atom is 0.265 e. The number of hydrogen-bond donors (Lipinski definition) is 0. The summed E-state index contributed by atoms with van der Waals surface area (Å²) in [7, 11) is 0. The van der Waals surface area contributed by atoms with Gasteiger partial charge in [-0.25, -0.2) is 4.98 Å². The summed E-state index contributed by atoms with van der Waals surface area (Å²) < 4.78 is 11.2. The summed E-state index contributed by atoms with van der Waals surface area (Å²) in [5.74, 6) is 0.918. The van der Waals surface area contributed by atoms with Crippen molar-refractivity contribution in [3.8, 4) is 0 Å². The number of aromatic nitrogens is 1. The molecule has 22 heavy (non-hydrogen) atoms. The molecule has 2 aliphatic rings. The molecule has 0 bridgehead atoms. The third kappa shape index (κ3) is 3.19. The Morgan fingerprint density at radius 2 is 1.91 bits per heavy atom. The van der Waals surface area contributed by atoms with Gasteiger partial charge < -0.3 is 14.4 Å². The Balaban J connectivity index is 1.62. The van der Waals surface area contributed by atoms with Crippen LogP contribution >= 0.6 is 11.3 Å². The molecule has 0 atom stereocenters. The number of ether oxygens (including phenoxy) is 2. The molecule has 6 heteroatoms. The highest BCUT2D eigenvalue weighted by Crippen LogP contribution is 2.29. The summed E-state index contributed by atoms with van der Waals surface area (Å²) >= 11 is 1.54. The van der Waals surface area contributed by atoms with Crippen LogP contribution in [-0.4, -0.2) is 48.4 Å². The maximum absolute atomic E-state index is 12.7. The van der Waals surface area contributed by atoms with Crippen LogP contribution < -0.4 is 0 Å². The van der Waals surface area contributed by atoms with Gasteiger partial charge in [0.25, 0.3) is 5.91 Å². The minimum Gasteiger partial charge on any atom is -0.350 e. The van der Waals surface area contributed by atoms with Crippen molar-refractivity contribution in [3.63, 3.8) is 0 Å². The Hall–Kier alpha value is -0.980. The molecule has 0 aliphatic carbocycles. The van der Waals surface area contributed by atoms with Crippen molar-refractivity contribution >= 4 is 17.2 Å². The first kappa shape index (κ1) is 15.9. The number of piperidine rings is 1. The van der Waals surface area contributed by atoms with Crippen LogP contribution in [0.2, 0.25) is 0 Å². The molecular formula is C16H24N2O3S. The molecule has 1 amide bonds. The molecule has 3 rings (SSSR count). The van der Waals surface area contributed by atoms with Crippen molar-refractivity contribution in [1.82, 2.24) is 9.88 Å². The minimum absolute atomic E-state index is 0.0602. The van der Waals surface area contributed by atoms with Crippen molar-refractivity contribution in [2.75, 3.05) is 26.3 Å². The average Bonchev–Trinajstić information content (AvgIpc) is 3.16. The first-order valence-electron chi connectivity index (χ1n) is 8.06. The molecule has 122 valence electrons. The number of hydrogen-bond acceptors (Lipinski definition) is 5. The predicted molar refractivity (Wildman–Crippen MR) is 85.3 cm³/mol. The summed E-state index contributed by atoms with van der Waals surface area (Å²) in [5.41, 5.74) is 0.864. The fraction of sp³-hybridized carbons (Fsp3) is 0.750. The third-order valence-corrected chi connectivity index (χ3v) is 5.81. The van der Waals surface area contributed by atoms with Crippen LogP contribution in [0.5, 0.6) is 0 Å². The lowest BCUT2D eigenvalue weighted by atomic mass is 9.96. The number of amides is 1. The molecule has 0 spiro atoms. The van der Waals surface area contributed by atoms with Crippen molar-refractivity contribution in [1.29, 1.82) is 0 Å². The van der Waals surface area contributed by atoms with Crippen LogP contribution in [0.25, 0.3) is 0 Å². The van der Waals surface area contributed by atoms with Crippen molar-refractivity contribution in [2.45, 2.75) is 45.8 Å². The minimum atomic E-state index is -0.0602. The molecule has 0 radical (unpaired) electrons. The number of rotatable bonds is 3. The molecule has 1 aromatic heterocycles. The van der Waals surface area contributed by atoms with Crippen LogP contribution in [0, 0.1) is 12.8 Å². The molecule has 0 unspecified atom stereocenters. The van der Waals surface area contributed by atoms with Gasteiger partial charge in [0.2, 0.25) is 0 Å². The van der Waals surface area contributed by atoms with Gasteiger partial charge >= 0.3 is 0 Å².